The molecule has 0 atom stereocenters. The summed E-state index contributed by atoms with van der Waals surface area (Å²) >= 11 is 6.05. The summed E-state index contributed by atoms with van der Waals surface area (Å²) in [5.74, 6) is -4.25. The lowest BCUT2D eigenvalue weighted by atomic mass is 9.88. The SMILES string of the molecule is C\C=C(Cl)/N=C(\C=C\CC)c1nc(Nc2cc(F)cc(F)c2)nc(NC2CC(F)(F)C2)n1. The average Bonchev–Trinajstić information content (AvgIpc) is 2.68. The van der Waals surface area contributed by atoms with Gasteiger partial charge < -0.3 is 10.6 Å². The van der Waals surface area contributed by atoms with Gasteiger partial charge in [0, 0.05) is 30.6 Å². The van der Waals surface area contributed by atoms with Crippen LogP contribution in [0.3, 0.4) is 0 Å². The zero-order chi connectivity index (χ0) is 23.3. The second-order valence-corrected chi connectivity index (χ2v) is 7.50. The number of aromatic nitrogens is 3. The Morgan fingerprint density at radius 1 is 1.16 bits per heavy atom. The molecule has 2 N–H and O–H groups in total. The molecule has 3 rings (SSSR count). The number of nitrogens with one attached hydrogen (secondary N) is 2. The molecule has 0 bridgehead atoms. The highest BCUT2D eigenvalue weighted by atomic mass is 35.5. The van der Waals surface area contributed by atoms with Gasteiger partial charge in [0.05, 0.1) is 0 Å². The van der Waals surface area contributed by atoms with Crippen molar-refractivity contribution in [2.45, 2.75) is 45.1 Å². The van der Waals surface area contributed by atoms with Crippen LogP contribution in [0.2, 0.25) is 0 Å². The van der Waals surface area contributed by atoms with Crippen LogP contribution in [-0.4, -0.2) is 32.6 Å². The van der Waals surface area contributed by atoms with Crippen LogP contribution in [0.25, 0.3) is 0 Å². The molecule has 1 saturated carbocycles. The largest absolute Gasteiger partial charge is 0.351 e. The van der Waals surface area contributed by atoms with Gasteiger partial charge >= 0.3 is 0 Å². The molecule has 0 unspecified atom stereocenters. The van der Waals surface area contributed by atoms with Crippen LogP contribution >= 0.6 is 11.6 Å². The third kappa shape index (κ3) is 6.49. The number of nitrogens with zero attached hydrogens (tertiary/aromatic N) is 4. The molecule has 170 valence electrons. The fourth-order valence-corrected chi connectivity index (χ4v) is 2.97. The Labute approximate surface area is 187 Å². The lowest BCUT2D eigenvalue weighted by Crippen LogP contribution is -2.44. The normalized spacial score (nSPS) is 16.8. The highest BCUT2D eigenvalue weighted by Gasteiger charge is 2.45. The number of halogens is 5. The number of benzene rings is 1. The summed E-state index contributed by atoms with van der Waals surface area (Å²) in [4.78, 5) is 17.0. The van der Waals surface area contributed by atoms with Gasteiger partial charge in [-0.1, -0.05) is 30.7 Å². The Balaban J connectivity index is 2.00. The van der Waals surface area contributed by atoms with E-state index in [2.05, 4.69) is 30.6 Å². The van der Waals surface area contributed by atoms with E-state index in [4.69, 9.17) is 11.6 Å². The van der Waals surface area contributed by atoms with Crippen molar-refractivity contribution >= 4 is 34.9 Å². The number of hydrogen-bond donors (Lipinski definition) is 2. The molecule has 1 aliphatic rings. The fraction of sp³-hybridized carbons (Fsp3) is 0.333. The summed E-state index contributed by atoms with van der Waals surface area (Å²) in [5, 5.41) is 5.75. The number of hydrogen-bond acceptors (Lipinski definition) is 6. The first-order valence-electron chi connectivity index (χ1n) is 9.88. The number of alkyl halides is 2. The van der Waals surface area contributed by atoms with Crippen LogP contribution in [0.4, 0.5) is 35.1 Å². The smallest absolute Gasteiger partial charge is 0.252 e. The predicted octanol–water partition coefficient (Wildman–Crippen LogP) is 5.96. The van der Waals surface area contributed by atoms with Crippen LogP contribution in [0.1, 0.15) is 38.9 Å². The molecular formula is C21H21ClF4N6. The second-order valence-electron chi connectivity index (χ2n) is 7.11. The molecule has 1 fully saturated rings. The zero-order valence-corrected chi connectivity index (χ0v) is 18.1. The van der Waals surface area contributed by atoms with Crippen molar-refractivity contribution in [2.24, 2.45) is 4.99 Å². The van der Waals surface area contributed by atoms with E-state index < -0.39 is 23.6 Å². The van der Waals surface area contributed by atoms with Crippen LogP contribution < -0.4 is 10.6 Å². The number of allylic oxidation sites excluding steroid dienone is 3. The van der Waals surface area contributed by atoms with E-state index in [0.717, 1.165) is 18.2 Å². The van der Waals surface area contributed by atoms with Gasteiger partial charge in [-0.3, -0.25) is 0 Å². The lowest BCUT2D eigenvalue weighted by Gasteiger charge is -2.35. The minimum Gasteiger partial charge on any atom is -0.351 e. The molecule has 0 spiro atoms. The number of aliphatic imine (C=N–C) groups is 1. The van der Waals surface area contributed by atoms with E-state index in [0.29, 0.717) is 12.1 Å². The Morgan fingerprint density at radius 3 is 2.41 bits per heavy atom. The lowest BCUT2D eigenvalue weighted by molar-refractivity contribution is -0.0794. The van der Waals surface area contributed by atoms with Gasteiger partial charge in [0.25, 0.3) is 5.92 Å². The first-order valence-corrected chi connectivity index (χ1v) is 10.3. The quantitative estimate of drug-likeness (QED) is 0.284. The predicted molar refractivity (Wildman–Crippen MR) is 117 cm³/mol. The third-order valence-corrected chi connectivity index (χ3v) is 4.69. The van der Waals surface area contributed by atoms with Crippen LogP contribution in [0, 0.1) is 11.6 Å². The van der Waals surface area contributed by atoms with Gasteiger partial charge in [-0.15, -0.1) is 0 Å². The third-order valence-electron chi connectivity index (χ3n) is 4.38. The van der Waals surface area contributed by atoms with Gasteiger partial charge in [-0.25, -0.2) is 22.6 Å². The van der Waals surface area contributed by atoms with Crippen molar-refractivity contribution < 1.29 is 17.6 Å². The summed E-state index contributed by atoms with van der Waals surface area (Å²) in [5.41, 5.74) is 0.364. The molecule has 11 heteroatoms. The summed E-state index contributed by atoms with van der Waals surface area (Å²) in [7, 11) is 0. The maximum Gasteiger partial charge on any atom is 0.252 e. The minimum absolute atomic E-state index is 0.0177. The van der Waals surface area contributed by atoms with E-state index >= 15 is 0 Å². The molecule has 0 saturated heterocycles. The minimum atomic E-state index is -2.73. The first-order chi connectivity index (χ1) is 15.2. The summed E-state index contributed by atoms with van der Waals surface area (Å²) in [6.45, 7) is 3.63. The average molecular weight is 469 g/mol. The Morgan fingerprint density at radius 2 is 1.81 bits per heavy atom. The maximum absolute atomic E-state index is 13.6. The maximum atomic E-state index is 13.6. The molecular weight excluding hydrogens is 448 g/mol. The molecule has 6 nitrogen and oxygen atoms in total. The molecule has 1 heterocycles. The molecule has 0 amide bonds. The van der Waals surface area contributed by atoms with Crippen LogP contribution in [0.15, 0.2) is 46.6 Å². The highest BCUT2D eigenvalue weighted by molar-refractivity contribution is 6.30. The van der Waals surface area contributed by atoms with Gasteiger partial charge in [0.1, 0.15) is 22.5 Å². The summed E-state index contributed by atoms with van der Waals surface area (Å²) in [6.07, 6.45) is 5.05. The van der Waals surface area contributed by atoms with E-state index in [1.165, 1.54) is 0 Å². The molecule has 2 aromatic rings. The van der Waals surface area contributed by atoms with E-state index in [9.17, 15) is 17.6 Å². The fourth-order valence-electron chi connectivity index (χ4n) is 2.88. The van der Waals surface area contributed by atoms with Gasteiger partial charge in [0.2, 0.25) is 11.9 Å². The van der Waals surface area contributed by atoms with Crippen molar-refractivity contribution in [1.29, 1.82) is 0 Å². The van der Waals surface area contributed by atoms with E-state index in [-0.39, 0.29) is 41.4 Å². The summed E-state index contributed by atoms with van der Waals surface area (Å²) < 4.78 is 53.6. The van der Waals surface area contributed by atoms with Crippen molar-refractivity contribution in [3.63, 3.8) is 0 Å². The molecule has 1 aliphatic carbocycles. The van der Waals surface area contributed by atoms with Crippen LogP contribution in [-0.2, 0) is 0 Å². The highest BCUT2D eigenvalue weighted by Crippen LogP contribution is 2.38. The van der Waals surface area contributed by atoms with E-state index in [1.54, 1.807) is 19.1 Å². The Hall–Kier alpha value is -3.01. The van der Waals surface area contributed by atoms with Crippen molar-refractivity contribution in [3.05, 3.63) is 59.0 Å². The van der Waals surface area contributed by atoms with Crippen molar-refractivity contribution in [2.75, 3.05) is 10.6 Å². The van der Waals surface area contributed by atoms with Crippen molar-refractivity contribution in [1.82, 2.24) is 15.0 Å². The molecule has 1 aromatic carbocycles. The van der Waals surface area contributed by atoms with Crippen molar-refractivity contribution in [3.8, 4) is 0 Å². The molecule has 32 heavy (non-hydrogen) atoms. The second kappa shape index (κ2) is 10.1. The zero-order valence-electron chi connectivity index (χ0n) is 17.3. The molecule has 0 aliphatic heterocycles. The summed E-state index contributed by atoms with van der Waals surface area (Å²) in [6, 6.07) is 2.34. The Bertz CT molecular complexity index is 1040. The van der Waals surface area contributed by atoms with E-state index in [1.807, 2.05) is 13.0 Å². The monoisotopic (exact) mass is 468 g/mol. The van der Waals surface area contributed by atoms with Gasteiger partial charge in [-0.2, -0.15) is 15.0 Å². The molecule has 1 aromatic heterocycles. The van der Waals surface area contributed by atoms with Gasteiger partial charge in [0.15, 0.2) is 5.82 Å². The number of anilines is 3. The Kier molecular flexibility index (Phi) is 7.44. The standard InChI is InChI=1S/C21H21ClF4N6/c1-3-5-6-16(29-17(22)4-2)18-30-19(27-14-8-12(23)7-13(24)9-14)32-20(31-18)28-15-10-21(25,26)11-15/h4-9,15H,3,10-11H2,1-2H3,(H2,27,28,30,31,32)/b6-5+,17-4-,29-16+. The number of rotatable bonds is 8. The first kappa shape index (κ1) is 23.6. The van der Waals surface area contributed by atoms with Gasteiger partial charge in [-0.05, 0) is 31.6 Å². The van der Waals surface area contributed by atoms with Crippen LogP contribution in [0.5, 0.6) is 0 Å². The topological polar surface area (TPSA) is 75.1 Å². The molecule has 0 radical (unpaired) electrons.